The summed E-state index contributed by atoms with van der Waals surface area (Å²) >= 11 is 0. The third-order valence-electron chi connectivity index (χ3n) is 1.32. The molecule has 0 aromatic rings. The van der Waals surface area contributed by atoms with Crippen molar-refractivity contribution in [1.29, 1.82) is 0 Å². The van der Waals surface area contributed by atoms with Crippen LogP contribution < -0.4 is 0 Å². The normalized spacial score (nSPS) is 9.84. The van der Waals surface area contributed by atoms with Crippen LogP contribution in [-0.2, 0) is 19.2 Å². The third kappa shape index (κ3) is 19.1. The van der Waals surface area contributed by atoms with Gasteiger partial charge in [0.2, 0.25) is 0 Å². The van der Waals surface area contributed by atoms with Gasteiger partial charge in [0.25, 0.3) is 0 Å². The number of rotatable bonds is 5. The molecule has 4 N–H and O–H groups in total. The van der Waals surface area contributed by atoms with E-state index in [9.17, 15) is 19.2 Å². The van der Waals surface area contributed by atoms with Crippen molar-refractivity contribution in [3.05, 3.63) is 23.8 Å². The maximum absolute atomic E-state index is 10.1. The van der Waals surface area contributed by atoms with Gasteiger partial charge in [0, 0.05) is 23.8 Å². The molecule has 0 spiro atoms. The molecule has 0 aliphatic rings. The van der Waals surface area contributed by atoms with E-state index in [1.54, 1.807) is 6.92 Å². The second kappa shape index (κ2) is 13.1. The molecule has 0 aromatic heterocycles. The fraction of sp³-hybridized carbons (Fsp3) is 0.200. The molecule has 0 aliphatic heterocycles. The zero-order valence-electron chi connectivity index (χ0n) is 12.1. The quantitative estimate of drug-likeness (QED) is 0.411. The zero-order chi connectivity index (χ0) is 14.7. The van der Waals surface area contributed by atoms with Crippen molar-refractivity contribution in [2.75, 3.05) is 0 Å². The van der Waals surface area contributed by atoms with E-state index in [1.165, 1.54) is 0 Å². The molecule has 0 atom stereocenters. The van der Waals surface area contributed by atoms with Crippen molar-refractivity contribution in [3.8, 4) is 0 Å². The SMILES string of the molecule is CC/C(=C/C(=O)O)C(=O)O.O=C(O)/C=C\C(=O)O.[Ca+2].[H-].[H-]. The Labute approximate surface area is 141 Å². The van der Waals surface area contributed by atoms with Crippen molar-refractivity contribution < 1.29 is 42.5 Å². The first kappa shape index (κ1) is 22.8. The van der Waals surface area contributed by atoms with Gasteiger partial charge in [-0.25, -0.2) is 19.2 Å². The molecule has 8 nitrogen and oxygen atoms in total. The van der Waals surface area contributed by atoms with E-state index < -0.39 is 23.9 Å². The predicted molar refractivity (Wildman–Crippen MR) is 66.0 cm³/mol. The van der Waals surface area contributed by atoms with Crippen molar-refractivity contribution in [1.82, 2.24) is 0 Å². The molecule has 0 amide bonds. The first-order valence-corrected chi connectivity index (χ1v) is 4.51. The number of hydrogen-bond donors (Lipinski definition) is 4. The average Bonchev–Trinajstić information content (AvgIpc) is 2.23. The molecule has 0 aromatic carbocycles. The number of carbonyl (C=O) groups is 4. The van der Waals surface area contributed by atoms with Crippen LogP contribution in [0.5, 0.6) is 0 Å². The van der Waals surface area contributed by atoms with E-state index in [4.69, 9.17) is 20.4 Å². The Hall–Kier alpha value is -1.38. The number of carboxylic acid groups (broad SMARTS) is 4. The Morgan fingerprint density at radius 2 is 1.26 bits per heavy atom. The molecule has 0 bridgehead atoms. The topological polar surface area (TPSA) is 149 Å². The Morgan fingerprint density at radius 1 is 0.895 bits per heavy atom. The minimum absolute atomic E-state index is 0. The third-order valence-corrected chi connectivity index (χ3v) is 1.32. The van der Waals surface area contributed by atoms with Crippen molar-refractivity contribution in [2.24, 2.45) is 0 Å². The molecule has 0 aliphatic carbocycles. The fourth-order valence-corrected chi connectivity index (χ4v) is 0.607. The Morgan fingerprint density at radius 3 is 1.37 bits per heavy atom. The number of carboxylic acids is 4. The van der Waals surface area contributed by atoms with Crippen molar-refractivity contribution >= 4 is 61.6 Å². The summed E-state index contributed by atoms with van der Waals surface area (Å²) in [6, 6.07) is 0. The predicted octanol–water partition coefficient (Wildman–Crippen LogP) is 0.0480. The van der Waals surface area contributed by atoms with Gasteiger partial charge in [-0.3, -0.25) is 0 Å². The smallest absolute Gasteiger partial charge is 1.00 e. The first-order valence-electron chi connectivity index (χ1n) is 4.51. The van der Waals surface area contributed by atoms with Gasteiger partial charge in [-0.05, 0) is 6.42 Å². The summed E-state index contributed by atoms with van der Waals surface area (Å²) in [5, 5.41) is 32.0. The van der Waals surface area contributed by atoms with Gasteiger partial charge in [-0.1, -0.05) is 6.92 Å². The second-order valence-corrected chi connectivity index (χ2v) is 2.68. The van der Waals surface area contributed by atoms with Crippen LogP contribution >= 0.6 is 0 Å². The molecule has 0 saturated heterocycles. The molecule has 0 unspecified atom stereocenters. The van der Waals surface area contributed by atoms with Gasteiger partial charge in [0.05, 0.1) is 0 Å². The fourth-order valence-electron chi connectivity index (χ4n) is 0.607. The van der Waals surface area contributed by atoms with Crippen LogP contribution in [0.4, 0.5) is 0 Å². The maximum atomic E-state index is 10.1. The summed E-state index contributed by atoms with van der Waals surface area (Å²) in [7, 11) is 0. The summed E-state index contributed by atoms with van der Waals surface area (Å²) < 4.78 is 0. The summed E-state index contributed by atoms with van der Waals surface area (Å²) in [5.41, 5.74) is -0.0903. The molecular weight excluding hydrogens is 288 g/mol. The number of hydrogen-bond acceptors (Lipinski definition) is 4. The second-order valence-electron chi connectivity index (χ2n) is 2.68. The van der Waals surface area contributed by atoms with Gasteiger partial charge >= 0.3 is 61.6 Å². The van der Waals surface area contributed by atoms with Gasteiger partial charge < -0.3 is 23.3 Å². The average molecular weight is 302 g/mol. The summed E-state index contributed by atoms with van der Waals surface area (Å²) in [6.45, 7) is 1.59. The molecule has 104 valence electrons. The molecule has 0 radical (unpaired) electrons. The monoisotopic (exact) mass is 302 g/mol. The van der Waals surface area contributed by atoms with Crippen LogP contribution in [0.2, 0.25) is 0 Å². The summed E-state index contributed by atoms with van der Waals surface area (Å²) in [6.07, 6.45) is 2.04. The van der Waals surface area contributed by atoms with E-state index >= 15 is 0 Å². The Bertz CT molecular complexity index is 390. The molecule has 9 heteroatoms. The van der Waals surface area contributed by atoms with Gasteiger partial charge in [-0.2, -0.15) is 0 Å². The van der Waals surface area contributed by atoms with Crippen molar-refractivity contribution in [2.45, 2.75) is 13.3 Å². The van der Waals surface area contributed by atoms with E-state index in [-0.39, 0.29) is 52.6 Å². The molecule has 0 rings (SSSR count). The van der Waals surface area contributed by atoms with Crippen molar-refractivity contribution in [3.63, 3.8) is 0 Å². The largest absolute Gasteiger partial charge is 2.00 e. The van der Waals surface area contributed by atoms with E-state index in [1.807, 2.05) is 0 Å². The maximum Gasteiger partial charge on any atom is 2.00 e. The molecule has 0 fully saturated rings. The van der Waals surface area contributed by atoms with Crippen LogP contribution in [0, 0.1) is 0 Å². The van der Waals surface area contributed by atoms with Crippen LogP contribution in [-0.4, -0.2) is 82.0 Å². The minimum Gasteiger partial charge on any atom is -1.00 e. The Balaban J connectivity index is -0.0000000724. The molecule has 19 heavy (non-hydrogen) atoms. The van der Waals surface area contributed by atoms with E-state index in [0.717, 1.165) is 0 Å². The van der Waals surface area contributed by atoms with E-state index in [0.29, 0.717) is 18.2 Å². The summed E-state index contributed by atoms with van der Waals surface area (Å²) in [5.74, 6) is -4.91. The van der Waals surface area contributed by atoms with Crippen LogP contribution in [0.25, 0.3) is 0 Å². The standard InChI is InChI=1S/C6H8O4.C4H4O4.Ca.2H/c1-2-4(6(9)10)3-5(7)8;5-3(6)1-2-4(7)8;;;/h3H,2H2,1H3,(H,7,8)(H,9,10);1-2H,(H,5,6)(H,7,8);;;/q;;+2;2*-1/b4-3-;2-1-;;;. The molecular formula is C10H14CaO8. The Kier molecular flexibility index (Phi) is 15.7. The van der Waals surface area contributed by atoms with Gasteiger partial charge in [0.1, 0.15) is 0 Å². The molecule has 0 saturated carbocycles. The van der Waals surface area contributed by atoms with Crippen LogP contribution in [0.15, 0.2) is 23.8 Å². The van der Waals surface area contributed by atoms with Crippen LogP contribution in [0.3, 0.4) is 0 Å². The van der Waals surface area contributed by atoms with Crippen LogP contribution in [0.1, 0.15) is 16.2 Å². The first-order chi connectivity index (χ1) is 8.20. The van der Waals surface area contributed by atoms with E-state index in [2.05, 4.69) is 0 Å². The van der Waals surface area contributed by atoms with Gasteiger partial charge in [0.15, 0.2) is 0 Å². The molecule has 0 heterocycles. The van der Waals surface area contributed by atoms with Gasteiger partial charge in [-0.15, -0.1) is 0 Å². The number of aliphatic carboxylic acids is 4. The zero-order valence-corrected chi connectivity index (χ0v) is 12.3. The minimum atomic E-state index is -1.26. The summed E-state index contributed by atoms with van der Waals surface area (Å²) in [4.78, 5) is 39.2.